The van der Waals surface area contributed by atoms with Gasteiger partial charge in [0.05, 0.1) is 12.6 Å². The fourth-order valence-electron chi connectivity index (χ4n) is 4.00. The summed E-state index contributed by atoms with van der Waals surface area (Å²) < 4.78 is 27.2. The van der Waals surface area contributed by atoms with E-state index in [4.69, 9.17) is 5.73 Å². The minimum Gasteiger partial charge on any atom is -0.322 e. The van der Waals surface area contributed by atoms with Gasteiger partial charge in [-0.05, 0) is 23.6 Å². The molecule has 4 rings (SSSR count). The molecule has 2 unspecified atom stereocenters. The first-order chi connectivity index (χ1) is 12.7. The van der Waals surface area contributed by atoms with Crippen molar-refractivity contribution in [1.82, 2.24) is 15.1 Å². The molecule has 0 spiro atoms. The summed E-state index contributed by atoms with van der Waals surface area (Å²) in [4.78, 5) is 39.1. The summed E-state index contributed by atoms with van der Waals surface area (Å²) in [5, 5.41) is 2.26. The zero-order valence-corrected chi connectivity index (χ0v) is 14.6. The van der Waals surface area contributed by atoms with Crippen molar-refractivity contribution in [2.24, 2.45) is 5.73 Å². The monoisotopic (exact) mass is 378 g/mol. The number of fused-ring (bicyclic) bond motifs is 1. The molecule has 2 fully saturated rings. The molecule has 144 valence electrons. The van der Waals surface area contributed by atoms with Gasteiger partial charge in [0.1, 0.15) is 6.04 Å². The SMILES string of the molecule is NC1CN(Cc2ccc3c(c2)CN(C2CCC(=O)NC2=O)C3=O)CC1(F)F. The summed E-state index contributed by atoms with van der Waals surface area (Å²) in [6.07, 6.45) is 0.503. The first-order valence-corrected chi connectivity index (χ1v) is 8.87. The Kier molecular flexibility index (Phi) is 4.23. The van der Waals surface area contributed by atoms with Crippen molar-refractivity contribution < 1.29 is 23.2 Å². The highest BCUT2D eigenvalue weighted by molar-refractivity contribution is 6.05. The van der Waals surface area contributed by atoms with Gasteiger partial charge in [0.2, 0.25) is 11.8 Å². The fraction of sp³-hybridized carbons (Fsp3) is 0.500. The molecule has 3 aliphatic heterocycles. The van der Waals surface area contributed by atoms with Crippen molar-refractivity contribution >= 4 is 17.7 Å². The van der Waals surface area contributed by atoms with E-state index in [0.29, 0.717) is 18.5 Å². The smallest absolute Gasteiger partial charge is 0.276 e. The molecule has 0 aromatic heterocycles. The predicted molar refractivity (Wildman–Crippen MR) is 90.7 cm³/mol. The van der Waals surface area contributed by atoms with E-state index in [0.717, 1.165) is 11.1 Å². The normalized spacial score (nSPS) is 27.8. The molecule has 2 atom stereocenters. The number of alkyl halides is 2. The van der Waals surface area contributed by atoms with E-state index in [1.807, 2.05) is 6.07 Å². The molecule has 1 aromatic rings. The van der Waals surface area contributed by atoms with Gasteiger partial charge < -0.3 is 10.6 Å². The van der Waals surface area contributed by atoms with E-state index in [1.165, 1.54) is 4.90 Å². The second-order valence-corrected chi connectivity index (χ2v) is 7.43. The van der Waals surface area contributed by atoms with Crippen LogP contribution in [0.5, 0.6) is 0 Å². The number of carbonyl (C=O) groups is 3. The van der Waals surface area contributed by atoms with Crippen LogP contribution in [0.1, 0.15) is 34.3 Å². The zero-order chi connectivity index (χ0) is 19.3. The minimum absolute atomic E-state index is 0.116. The van der Waals surface area contributed by atoms with Crippen molar-refractivity contribution in [2.75, 3.05) is 13.1 Å². The number of halogens is 2. The van der Waals surface area contributed by atoms with Gasteiger partial charge in [0, 0.05) is 31.6 Å². The van der Waals surface area contributed by atoms with Crippen LogP contribution >= 0.6 is 0 Å². The Morgan fingerprint density at radius 2 is 2.04 bits per heavy atom. The fourth-order valence-corrected chi connectivity index (χ4v) is 4.00. The number of hydrogen-bond donors (Lipinski definition) is 2. The van der Waals surface area contributed by atoms with Crippen molar-refractivity contribution in [3.05, 3.63) is 34.9 Å². The molecule has 2 saturated heterocycles. The standard InChI is InChI=1S/C18H20F2N4O3/c19-18(20)9-23(8-14(18)21)6-10-1-2-12-11(5-10)7-24(17(12)27)13-3-4-15(25)22-16(13)26/h1-2,5,13-14H,3-4,6-9,21H2,(H,22,25,26). The molecule has 9 heteroatoms. The number of nitrogens with zero attached hydrogens (tertiary/aromatic N) is 2. The predicted octanol–water partition coefficient (Wildman–Crippen LogP) is 0.226. The maximum absolute atomic E-state index is 13.6. The van der Waals surface area contributed by atoms with Gasteiger partial charge in [0.25, 0.3) is 11.8 Å². The lowest BCUT2D eigenvalue weighted by atomic mass is 10.0. The van der Waals surface area contributed by atoms with Crippen molar-refractivity contribution in [3.63, 3.8) is 0 Å². The maximum Gasteiger partial charge on any atom is 0.276 e. The molecule has 0 aliphatic carbocycles. The van der Waals surface area contributed by atoms with Crippen molar-refractivity contribution in [1.29, 1.82) is 0 Å². The van der Waals surface area contributed by atoms with Crippen LogP contribution in [0, 0.1) is 0 Å². The number of amides is 3. The summed E-state index contributed by atoms with van der Waals surface area (Å²) in [6, 6.07) is 3.40. The third-order valence-electron chi connectivity index (χ3n) is 5.43. The van der Waals surface area contributed by atoms with Gasteiger partial charge in [-0.15, -0.1) is 0 Å². The second kappa shape index (κ2) is 6.35. The highest BCUT2D eigenvalue weighted by Gasteiger charge is 2.46. The van der Waals surface area contributed by atoms with E-state index in [2.05, 4.69) is 5.32 Å². The first-order valence-electron chi connectivity index (χ1n) is 8.87. The lowest BCUT2D eigenvalue weighted by Crippen LogP contribution is -2.52. The first kappa shape index (κ1) is 18.0. The molecule has 3 amide bonds. The van der Waals surface area contributed by atoms with Gasteiger partial charge >= 0.3 is 0 Å². The number of hydrogen-bond acceptors (Lipinski definition) is 5. The van der Waals surface area contributed by atoms with Crippen molar-refractivity contribution in [2.45, 2.75) is 43.9 Å². The van der Waals surface area contributed by atoms with E-state index in [-0.39, 0.29) is 37.9 Å². The topological polar surface area (TPSA) is 95.7 Å². The third-order valence-corrected chi connectivity index (χ3v) is 5.43. The van der Waals surface area contributed by atoms with Gasteiger partial charge in [-0.25, -0.2) is 8.78 Å². The van der Waals surface area contributed by atoms with Crippen LogP contribution < -0.4 is 11.1 Å². The highest BCUT2D eigenvalue weighted by Crippen LogP contribution is 2.30. The number of likely N-dealkylation sites (tertiary alicyclic amines) is 1. The summed E-state index contributed by atoms with van der Waals surface area (Å²) >= 11 is 0. The number of nitrogens with one attached hydrogen (secondary N) is 1. The average Bonchev–Trinajstić information content (AvgIpc) is 3.03. The third kappa shape index (κ3) is 3.21. The summed E-state index contributed by atoms with van der Waals surface area (Å²) in [5.41, 5.74) is 7.57. The Morgan fingerprint density at radius 1 is 1.26 bits per heavy atom. The molecule has 0 bridgehead atoms. The molecule has 27 heavy (non-hydrogen) atoms. The average molecular weight is 378 g/mol. The highest BCUT2D eigenvalue weighted by atomic mass is 19.3. The molecular weight excluding hydrogens is 358 g/mol. The molecule has 7 nitrogen and oxygen atoms in total. The molecule has 3 aliphatic rings. The maximum atomic E-state index is 13.6. The number of carbonyl (C=O) groups excluding carboxylic acids is 3. The van der Waals surface area contributed by atoms with Crippen LogP contribution in [0.15, 0.2) is 18.2 Å². The van der Waals surface area contributed by atoms with E-state index in [9.17, 15) is 23.2 Å². The molecule has 1 aromatic carbocycles. The van der Waals surface area contributed by atoms with E-state index in [1.54, 1.807) is 17.0 Å². The van der Waals surface area contributed by atoms with Crippen LogP contribution in [0.3, 0.4) is 0 Å². The largest absolute Gasteiger partial charge is 0.322 e. The van der Waals surface area contributed by atoms with Crippen LogP contribution in [-0.4, -0.2) is 58.6 Å². The molecule has 3 N–H and O–H groups in total. The number of benzene rings is 1. The van der Waals surface area contributed by atoms with Gasteiger partial charge in [-0.3, -0.25) is 24.6 Å². The van der Waals surface area contributed by atoms with Crippen molar-refractivity contribution in [3.8, 4) is 0 Å². The molecule has 0 saturated carbocycles. The number of piperidine rings is 1. The van der Waals surface area contributed by atoms with Crippen LogP contribution in [0.4, 0.5) is 8.78 Å². The van der Waals surface area contributed by atoms with E-state index < -0.39 is 23.9 Å². The Bertz CT molecular complexity index is 829. The zero-order valence-electron chi connectivity index (χ0n) is 14.6. The van der Waals surface area contributed by atoms with Crippen LogP contribution in [0.2, 0.25) is 0 Å². The van der Waals surface area contributed by atoms with Gasteiger partial charge in [0.15, 0.2) is 0 Å². The lowest BCUT2D eigenvalue weighted by Gasteiger charge is -2.29. The molecular formula is C18H20F2N4O3. The van der Waals surface area contributed by atoms with Crippen LogP contribution in [0.25, 0.3) is 0 Å². The molecule has 3 heterocycles. The summed E-state index contributed by atoms with van der Waals surface area (Å²) in [5.74, 6) is -3.93. The number of rotatable bonds is 3. The second-order valence-electron chi connectivity index (χ2n) is 7.43. The lowest BCUT2D eigenvalue weighted by molar-refractivity contribution is -0.136. The Balaban J connectivity index is 1.48. The number of nitrogens with two attached hydrogens (primary N) is 1. The Hall–Kier alpha value is -2.39. The quantitative estimate of drug-likeness (QED) is 0.734. The van der Waals surface area contributed by atoms with Crippen LogP contribution in [-0.2, 0) is 22.7 Å². The van der Waals surface area contributed by atoms with Gasteiger partial charge in [-0.1, -0.05) is 12.1 Å². The summed E-state index contributed by atoms with van der Waals surface area (Å²) in [6.45, 7) is 0.325. The van der Waals surface area contributed by atoms with Gasteiger partial charge in [-0.2, -0.15) is 0 Å². The number of imide groups is 1. The summed E-state index contributed by atoms with van der Waals surface area (Å²) in [7, 11) is 0. The Labute approximate surface area is 154 Å². The Morgan fingerprint density at radius 3 is 2.70 bits per heavy atom. The van der Waals surface area contributed by atoms with E-state index >= 15 is 0 Å². The minimum atomic E-state index is -2.89. The molecule has 0 radical (unpaired) electrons.